The molecule has 5 nitrogen and oxygen atoms in total. The molecular weight excluding hydrogens is 360 g/mol. The molecule has 160 valence electrons. The molecule has 2 heterocycles. The van der Waals surface area contributed by atoms with Gasteiger partial charge in [0, 0.05) is 56.9 Å². The molecule has 2 atom stereocenters. The van der Waals surface area contributed by atoms with Gasteiger partial charge in [-0.15, -0.1) is 0 Å². The highest BCUT2D eigenvalue weighted by atomic mass is 16.2. The topological polar surface area (TPSA) is 38.8 Å². The number of piperazine rings is 1. The van der Waals surface area contributed by atoms with Crippen LogP contribution >= 0.6 is 0 Å². The molecule has 29 heavy (non-hydrogen) atoms. The summed E-state index contributed by atoms with van der Waals surface area (Å²) in [7, 11) is 2.22. The molecule has 0 radical (unpaired) electrons. The number of nitrogens with zero attached hydrogens (tertiary/aromatic N) is 3. The van der Waals surface area contributed by atoms with Gasteiger partial charge in [0.25, 0.3) is 5.91 Å². The third kappa shape index (κ3) is 5.01. The summed E-state index contributed by atoms with van der Waals surface area (Å²) in [6, 6.07) is 7.65. The van der Waals surface area contributed by atoms with Gasteiger partial charge in [-0.1, -0.05) is 13.0 Å². The molecule has 1 N–H and O–H groups in total. The lowest BCUT2D eigenvalue weighted by atomic mass is 9.86. The average Bonchev–Trinajstić information content (AvgIpc) is 3.26. The summed E-state index contributed by atoms with van der Waals surface area (Å²) in [5, 5.41) is 3.54. The Hall–Kier alpha value is -1.43. The smallest absolute Gasteiger partial charge is 0.253 e. The summed E-state index contributed by atoms with van der Waals surface area (Å²) >= 11 is 0. The lowest BCUT2D eigenvalue weighted by molar-refractivity contribution is 0.0741. The summed E-state index contributed by atoms with van der Waals surface area (Å²) in [5.41, 5.74) is 3.74. The Morgan fingerprint density at radius 3 is 2.72 bits per heavy atom. The maximum atomic E-state index is 13.2. The molecule has 0 saturated carbocycles. The second kappa shape index (κ2) is 9.59. The van der Waals surface area contributed by atoms with E-state index < -0.39 is 0 Å². The molecule has 1 amide bonds. The Balaban J connectivity index is 1.41. The first kappa shape index (κ1) is 20.8. The largest absolute Gasteiger partial charge is 0.337 e. The zero-order chi connectivity index (χ0) is 20.2. The summed E-state index contributed by atoms with van der Waals surface area (Å²) in [6.07, 6.45) is 6.89. The van der Waals surface area contributed by atoms with Crippen LogP contribution in [0.3, 0.4) is 0 Å². The quantitative estimate of drug-likeness (QED) is 0.799. The van der Waals surface area contributed by atoms with Crippen LogP contribution in [-0.4, -0.2) is 85.6 Å². The third-order valence-corrected chi connectivity index (χ3v) is 7.09. The molecule has 2 fully saturated rings. The molecule has 0 aromatic heterocycles. The van der Waals surface area contributed by atoms with E-state index in [1.807, 2.05) is 0 Å². The van der Waals surface area contributed by atoms with E-state index in [9.17, 15) is 4.79 Å². The van der Waals surface area contributed by atoms with Gasteiger partial charge in [-0.05, 0) is 75.4 Å². The fourth-order valence-electron chi connectivity index (χ4n) is 5.27. The molecule has 0 spiro atoms. The van der Waals surface area contributed by atoms with Crippen LogP contribution in [-0.2, 0) is 12.8 Å². The Labute approximate surface area is 176 Å². The summed E-state index contributed by atoms with van der Waals surface area (Å²) in [6.45, 7) is 9.68. The first-order chi connectivity index (χ1) is 14.1. The van der Waals surface area contributed by atoms with Crippen molar-refractivity contribution in [2.75, 3.05) is 52.9 Å². The standard InChI is InChI=1S/C24H38N4O/c1-3-11-28(18-22-5-4-10-25-22)24(29)21-7-6-20-17-23(9-8-19(20)16-21)27-14-12-26(2)13-15-27/h6-7,16,22-23,25H,3-5,8-15,17-18H2,1-2H3/t22-,23+/m1/s1. The zero-order valence-electron chi connectivity index (χ0n) is 18.3. The highest BCUT2D eigenvalue weighted by Gasteiger charge is 2.28. The summed E-state index contributed by atoms with van der Waals surface area (Å²) in [5.74, 6) is 0.213. The molecule has 3 aliphatic rings. The molecule has 1 aromatic rings. The predicted octanol–water partition coefficient (Wildman–Crippen LogP) is 2.40. The molecule has 5 heteroatoms. The number of likely N-dealkylation sites (N-methyl/N-ethyl adjacent to an activating group) is 1. The molecule has 2 saturated heterocycles. The molecule has 2 aliphatic heterocycles. The van der Waals surface area contributed by atoms with Crippen molar-refractivity contribution < 1.29 is 4.79 Å². The van der Waals surface area contributed by atoms with Gasteiger partial charge in [0.2, 0.25) is 0 Å². The van der Waals surface area contributed by atoms with Crippen molar-refractivity contribution in [1.29, 1.82) is 0 Å². The SMILES string of the molecule is CCCN(C[C@H]1CCCN1)C(=O)c1ccc2c(c1)CC[C@H](N1CCN(C)CC1)C2. The summed E-state index contributed by atoms with van der Waals surface area (Å²) in [4.78, 5) is 20.4. The van der Waals surface area contributed by atoms with Crippen molar-refractivity contribution in [1.82, 2.24) is 20.0 Å². The monoisotopic (exact) mass is 398 g/mol. The normalized spacial score (nSPS) is 25.7. The van der Waals surface area contributed by atoms with Crippen LogP contribution < -0.4 is 5.32 Å². The fourth-order valence-corrected chi connectivity index (χ4v) is 5.27. The molecule has 4 rings (SSSR count). The highest BCUT2D eigenvalue weighted by Crippen LogP contribution is 2.27. The number of fused-ring (bicyclic) bond motifs is 1. The average molecular weight is 399 g/mol. The number of aryl methyl sites for hydroxylation is 1. The van der Waals surface area contributed by atoms with Gasteiger partial charge in [0.1, 0.15) is 0 Å². The van der Waals surface area contributed by atoms with E-state index in [-0.39, 0.29) is 5.91 Å². The lowest BCUT2D eigenvalue weighted by Gasteiger charge is -2.40. The van der Waals surface area contributed by atoms with Crippen molar-refractivity contribution in [3.8, 4) is 0 Å². The number of hydrogen-bond donors (Lipinski definition) is 1. The maximum absolute atomic E-state index is 13.2. The number of rotatable bonds is 6. The molecular formula is C24H38N4O. The number of hydrogen-bond acceptors (Lipinski definition) is 4. The second-order valence-electron chi connectivity index (χ2n) is 9.26. The van der Waals surface area contributed by atoms with Crippen LogP contribution in [0.4, 0.5) is 0 Å². The van der Waals surface area contributed by atoms with Crippen LogP contribution in [0.25, 0.3) is 0 Å². The van der Waals surface area contributed by atoms with Crippen LogP contribution in [0.1, 0.15) is 54.1 Å². The Morgan fingerprint density at radius 2 is 2.00 bits per heavy atom. The number of benzene rings is 1. The van der Waals surface area contributed by atoms with Crippen LogP contribution in [0.2, 0.25) is 0 Å². The van der Waals surface area contributed by atoms with Crippen molar-refractivity contribution >= 4 is 5.91 Å². The van der Waals surface area contributed by atoms with E-state index in [0.717, 1.165) is 44.5 Å². The number of amides is 1. The van der Waals surface area contributed by atoms with Gasteiger partial charge in [0.15, 0.2) is 0 Å². The van der Waals surface area contributed by atoms with Crippen LogP contribution in [0.5, 0.6) is 0 Å². The molecule has 0 bridgehead atoms. The first-order valence-corrected chi connectivity index (χ1v) is 11.7. The van der Waals surface area contributed by atoms with Gasteiger partial charge < -0.3 is 15.1 Å². The van der Waals surface area contributed by atoms with Crippen molar-refractivity contribution in [2.24, 2.45) is 0 Å². The maximum Gasteiger partial charge on any atom is 0.253 e. The van der Waals surface area contributed by atoms with Gasteiger partial charge in [-0.25, -0.2) is 0 Å². The van der Waals surface area contributed by atoms with Crippen LogP contribution in [0, 0.1) is 0 Å². The van der Waals surface area contributed by atoms with E-state index in [0.29, 0.717) is 12.1 Å². The van der Waals surface area contributed by atoms with Crippen molar-refractivity contribution in [2.45, 2.75) is 57.5 Å². The van der Waals surface area contributed by atoms with Crippen molar-refractivity contribution in [3.63, 3.8) is 0 Å². The van der Waals surface area contributed by atoms with E-state index >= 15 is 0 Å². The summed E-state index contributed by atoms with van der Waals surface area (Å²) < 4.78 is 0. The van der Waals surface area contributed by atoms with E-state index in [1.54, 1.807) is 0 Å². The Bertz CT molecular complexity index is 692. The zero-order valence-corrected chi connectivity index (χ0v) is 18.3. The minimum Gasteiger partial charge on any atom is -0.337 e. The Kier molecular flexibility index (Phi) is 6.88. The predicted molar refractivity (Wildman–Crippen MR) is 119 cm³/mol. The van der Waals surface area contributed by atoms with Gasteiger partial charge in [0.05, 0.1) is 0 Å². The third-order valence-electron chi connectivity index (χ3n) is 7.09. The second-order valence-corrected chi connectivity index (χ2v) is 9.26. The molecule has 1 aliphatic carbocycles. The fraction of sp³-hybridized carbons (Fsp3) is 0.708. The van der Waals surface area contributed by atoms with Gasteiger partial charge in [-0.2, -0.15) is 0 Å². The van der Waals surface area contributed by atoms with E-state index in [1.165, 1.54) is 56.6 Å². The molecule has 0 unspecified atom stereocenters. The van der Waals surface area contributed by atoms with E-state index in [2.05, 4.69) is 52.2 Å². The van der Waals surface area contributed by atoms with Gasteiger partial charge >= 0.3 is 0 Å². The number of carbonyl (C=O) groups is 1. The first-order valence-electron chi connectivity index (χ1n) is 11.7. The minimum atomic E-state index is 0.213. The van der Waals surface area contributed by atoms with Gasteiger partial charge in [-0.3, -0.25) is 9.69 Å². The van der Waals surface area contributed by atoms with Crippen molar-refractivity contribution in [3.05, 3.63) is 34.9 Å². The lowest BCUT2D eigenvalue weighted by Crippen LogP contribution is -2.50. The number of nitrogens with one attached hydrogen (secondary N) is 1. The minimum absolute atomic E-state index is 0.213. The highest BCUT2D eigenvalue weighted by molar-refractivity contribution is 5.94. The van der Waals surface area contributed by atoms with E-state index in [4.69, 9.17) is 0 Å². The Morgan fingerprint density at radius 1 is 1.17 bits per heavy atom. The van der Waals surface area contributed by atoms with Crippen LogP contribution in [0.15, 0.2) is 18.2 Å². The number of carbonyl (C=O) groups excluding carboxylic acids is 1. The molecule has 1 aromatic carbocycles.